The molecular formula is C27H22F3N5O3. The zero-order valence-electron chi connectivity index (χ0n) is 20.3. The van der Waals surface area contributed by atoms with E-state index in [9.17, 15) is 27.9 Å². The molecule has 8 nitrogen and oxygen atoms in total. The van der Waals surface area contributed by atoms with Crippen LogP contribution in [0.2, 0.25) is 0 Å². The normalized spacial score (nSPS) is 14.1. The van der Waals surface area contributed by atoms with Crippen molar-refractivity contribution >= 4 is 34.8 Å². The number of phenolic OH excluding ortho intramolecular Hbond substituents is 1. The van der Waals surface area contributed by atoms with E-state index in [2.05, 4.69) is 5.10 Å². The van der Waals surface area contributed by atoms with Gasteiger partial charge in [0.15, 0.2) is 0 Å². The van der Waals surface area contributed by atoms with Crippen LogP contribution in [0.1, 0.15) is 12.5 Å². The Morgan fingerprint density at radius 2 is 1.61 bits per heavy atom. The summed E-state index contributed by atoms with van der Waals surface area (Å²) >= 11 is 0. The Kier molecular flexibility index (Phi) is 6.06. The van der Waals surface area contributed by atoms with Gasteiger partial charge in [-0.15, -0.1) is 0 Å². The molecular weight excluding hydrogens is 499 g/mol. The number of urea groups is 2. The summed E-state index contributed by atoms with van der Waals surface area (Å²) in [5, 5.41) is 14.9. The van der Waals surface area contributed by atoms with Gasteiger partial charge in [-0.1, -0.05) is 18.2 Å². The molecule has 0 radical (unpaired) electrons. The third-order valence-corrected chi connectivity index (χ3v) is 6.23. The standard InChI is InChI=1S/C27H22F3N5O3/c1-3-33-22-12-9-18(27(28,29)30)13-23(22)34(19-7-5-4-6-8-19)26(38)35(25(33)37)20-10-11-21(24(36)14-20)17-15-31-32(2)16-17/h4-16,36H,3H2,1-2H3. The molecule has 3 aromatic carbocycles. The van der Waals surface area contributed by atoms with Crippen LogP contribution < -0.4 is 14.7 Å². The van der Waals surface area contributed by atoms with Crippen molar-refractivity contribution < 1.29 is 27.9 Å². The molecule has 11 heteroatoms. The summed E-state index contributed by atoms with van der Waals surface area (Å²) in [6.45, 7) is 1.73. The maximum absolute atomic E-state index is 14.0. The number of rotatable bonds is 4. The van der Waals surface area contributed by atoms with Crippen LogP contribution in [0.5, 0.6) is 5.75 Å². The van der Waals surface area contributed by atoms with Crippen molar-refractivity contribution in [2.45, 2.75) is 13.1 Å². The van der Waals surface area contributed by atoms with Gasteiger partial charge in [0.1, 0.15) is 5.75 Å². The molecule has 1 N–H and O–H groups in total. The fourth-order valence-electron chi connectivity index (χ4n) is 4.43. The van der Waals surface area contributed by atoms with Crippen molar-refractivity contribution in [3.05, 3.63) is 84.7 Å². The zero-order valence-corrected chi connectivity index (χ0v) is 20.3. The summed E-state index contributed by atoms with van der Waals surface area (Å²) in [6.07, 6.45) is -1.41. The average molecular weight is 521 g/mol. The van der Waals surface area contributed by atoms with Crippen molar-refractivity contribution in [2.24, 2.45) is 7.05 Å². The van der Waals surface area contributed by atoms with Gasteiger partial charge in [0.25, 0.3) is 0 Å². The molecule has 4 amide bonds. The van der Waals surface area contributed by atoms with Gasteiger partial charge in [-0.05, 0) is 49.4 Å². The van der Waals surface area contributed by atoms with Gasteiger partial charge < -0.3 is 5.11 Å². The van der Waals surface area contributed by atoms with Gasteiger partial charge in [0.05, 0.1) is 34.5 Å². The molecule has 0 saturated carbocycles. The summed E-state index contributed by atoms with van der Waals surface area (Å²) < 4.78 is 42.6. The van der Waals surface area contributed by atoms with Crippen molar-refractivity contribution in [1.29, 1.82) is 0 Å². The van der Waals surface area contributed by atoms with Crippen molar-refractivity contribution in [3.63, 3.8) is 0 Å². The lowest BCUT2D eigenvalue weighted by Gasteiger charge is -2.27. The van der Waals surface area contributed by atoms with E-state index in [0.29, 0.717) is 11.1 Å². The highest BCUT2D eigenvalue weighted by atomic mass is 19.4. The number of fused-ring (bicyclic) bond motifs is 1. The van der Waals surface area contributed by atoms with Crippen molar-refractivity contribution in [3.8, 4) is 16.9 Å². The monoisotopic (exact) mass is 521 g/mol. The maximum Gasteiger partial charge on any atom is 0.416 e. The predicted molar refractivity (Wildman–Crippen MR) is 137 cm³/mol. The number of para-hydroxylation sites is 1. The number of benzene rings is 3. The molecule has 0 fully saturated rings. The highest BCUT2D eigenvalue weighted by Crippen LogP contribution is 2.44. The third kappa shape index (κ3) is 4.21. The Labute approximate surface area is 215 Å². The Balaban J connectivity index is 1.70. The number of aromatic hydroxyl groups is 1. The van der Waals surface area contributed by atoms with Crippen molar-refractivity contribution in [2.75, 3.05) is 21.2 Å². The first-order valence-electron chi connectivity index (χ1n) is 11.6. The molecule has 1 aromatic heterocycles. The molecule has 1 aliphatic heterocycles. The smallest absolute Gasteiger partial charge is 0.416 e. The van der Waals surface area contributed by atoms with Gasteiger partial charge in [0, 0.05) is 37.0 Å². The third-order valence-electron chi connectivity index (χ3n) is 6.23. The highest BCUT2D eigenvalue weighted by molar-refractivity contribution is 6.28. The number of halogens is 3. The van der Waals surface area contributed by atoms with E-state index in [0.717, 1.165) is 21.9 Å². The molecule has 4 aromatic rings. The van der Waals surface area contributed by atoms with E-state index in [1.165, 1.54) is 23.1 Å². The van der Waals surface area contributed by atoms with E-state index in [-0.39, 0.29) is 35.0 Å². The lowest BCUT2D eigenvalue weighted by atomic mass is 10.1. The summed E-state index contributed by atoms with van der Waals surface area (Å²) in [6, 6.07) is 13.7. The maximum atomic E-state index is 14.0. The minimum atomic E-state index is -4.67. The number of imide groups is 1. The Hall–Kier alpha value is -4.80. The molecule has 0 atom stereocenters. The second kappa shape index (κ2) is 9.25. The average Bonchev–Trinajstić information content (AvgIpc) is 3.28. The van der Waals surface area contributed by atoms with Crippen LogP contribution in [-0.2, 0) is 13.2 Å². The van der Waals surface area contributed by atoms with E-state index in [1.807, 2.05) is 0 Å². The molecule has 0 unspecified atom stereocenters. The van der Waals surface area contributed by atoms with Crippen LogP contribution >= 0.6 is 0 Å². The molecule has 5 rings (SSSR count). The second-order valence-electron chi connectivity index (χ2n) is 8.62. The Morgan fingerprint density at radius 1 is 0.868 bits per heavy atom. The van der Waals surface area contributed by atoms with Gasteiger partial charge in [-0.3, -0.25) is 14.5 Å². The van der Waals surface area contributed by atoms with Gasteiger partial charge in [0.2, 0.25) is 0 Å². The first kappa shape index (κ1) is 24.9. The number of alkyl halides is 3. The largest absolute Gasteiger partial charge is 0.507 e. The van der Waals surface area contributed by atoms with Crippen LogP contribution in [0, 0.1) is 0 Å². The van der Waals surface area contributed by atoms with Crippen molar-refractivity contribution in [1.82, 2.24) is 9.78 Å². The van der Waals surface area contributed by atoms with E-state index >= 15 is 0 Å². The molecule has 0 spiro atoms. The molecule has 38 heavy (non-hydrogen) atoms. The SMILES string of the molecule is CCN1C(=O)N(c2ccc(-c3cnn(C)c3)c(O)c2)C(=O)N(c2ccccc2)c2cc(C(F)(F)F)ccc21. The van der Waals surface area contributed by atoms with Crippen LogP contribution in [-0.4, -0.2) is 33.5 Å². The minimum absolute atomic E-state index is 0.0494. The topological polar surface area (TPSA) is 81.9 Å². The minimum Gasteiger partial charge on any atom is -0.507 e. The molecule has 0 bridgehead atoms. The van der Waals surface area contributed by atoms with Gasteiger partial charge >= 0.3 is 18.2 Å². The number of amides is 4. The van der Waals surface area contributed by atoms with Gasteiger partial charge in [-0.2, -0.15) is 18.3 Å². The predicted octanol–water partition coefficient (Wildman–Crippen LogP) is 6.54. The number of carbonyl (C=O) groups is 2. The summed E-state index contributed by atoms with van der Waals surface area (Å²) in [7, 11) is 1.73. The number of aromatic nitrogens is 2. The fraction of sp³-hybridized carbons (Fsp3) is 0.148. The van der Waals surface area contributed by atoms with E-state index in [4.69, 9.17) is 0 Å². The Bertz CT molecular complexity index is 1530. The number of anilines is 4. The van der Waals surface area contributed by atoms with Crippen LogP contribution in [0.3, 0.4) is 0 Å². The second-order valence-corrected chi connectivity index (χ2v) is 8.62. The lowest BCUT2D eigenvalue weighted by Crippen LogP contribution is -2.48. The quantitative estimate of drug-likeness (QED) is 0.331. The van der Waals surface area contributed by atoms with E-state index < -0.39 is 23.8 Å². The molecule has 1 aliphatic rings. The number of nitrogens with zero attached hydrogens (tertiary/aromatic N) is 5. The molecule has 0 saturated heterocycles. The fourth-order valence-corrected chi connectivity index (χ4v) is 4.43. The zero-order chi connectivity index (χ0) is 27.2. The molecule has 194 valence electrons. The first-order chi connectivity index (χ1) is 18.1. The van der Waals surface area contributed by atoms with E-state index in [1.54, 1.807) is 67.4 Å². The Morgan fingerprint density at radius 3 is 2.21 bits per heavy atom. The van der Waals surface area contributed by atoms with Crippen LogP contribution in [0.15, 0.2) is 79.1 Å². The number of aryl methyl sites for hydroxylation is 1. The number of carbonyl (C=O) groups excluding carboxylic acids is 2. The molecule has 2 heterocycles. The van der Waals surface area contributed by atoms with Crippen LogP contribution in [0.25, 0.3) is 11.1 Å². The number of hydrogen-bond donors (Lipinski definition) is 1. The molecule has 0 aliphatic carbocycles. The van der Waals surface area contributed by atoms with Crippen LogP contribution in [0.4, 0.5) is 45.5 Å². The summed E-state index contributed by atoms with van der Waals surface area (Å²) in [5.74, 6) is -0.202. The lowest BCUT2D eigenvalue weighted by molar-refractivity contribution is -0.137. The van der Waals surface area contributed by atoms with Gasteiger partial charge in [-0.25, -0.2) is 14.5 Å². The first-order valence-corrected chi connectivity index (χ1v) is 11.6. The summed E-state index contributed by atoms with van der Waals surface area (Å²) in [5.41, 5.74) is 0.463. The summed E-state index contributed by atoms with van der Waals surface area (Å²) in [4.78, 5) is 30.9. The number of hydrogen-bond acceptors (Lipinski definition) is 4. The number of phenols is 1. The highest BCUT2D eigenvalue weighted by Gasteiger charge is 2.41.